The Balaban J connectivity index is 2.13. The fourth-order valence-corrected chi connectivity index (χ4v) is 2.10. The van der Waals surface area contributed by atoms with Crippen molar-refractivity contribution in [2.75, 3.05) is 24.5 Å². The molecule has 0 aliphatic carbocycles. The smallest absolute Gasteiger partial charge is 0.205 e. The summed E-state index contributed by atoms with van der Waals surface area (Å²) in [6.07, 6.45) is 3.26. The summed E-state index contributed by atoms with van der Waals surface area (Å²) in [6, 6.07) is 0. The largest absolute Gasteiger partial charge is 0.342 e. The van der Waals surface area contributed by atoms with Crippen LogP contribution in [0.1, 0.15) is 12.1 Å². The first-order valence-corrected chi connectivity index (χ1v) is 5.15. The van der Waals surface area contributed by atoms with Gasteiger partial charge in [0.15, 0.2) is 0 Å². The average Bonchev–Trinajstić information content (AvgIpc) is 2.71. The van der Waals surface area contributed by atoms with Crippen LogP contribution in [0.3, 0.4) is 0 Å². The van der Waals surface area contributed by atoms with E-state index in [0.717, 1.165) is 31.3 Å². The van der Waals surface area contributed by atoms with Crippen LogP contribution in [0.15, 0.2) is 6.20 Å². The van der Waals surface area contributed by atoms with Crippen LogP contribution in [0.4, 0.5) is 5.95 Å². The van der Waals surface area contributed by atoms with Gasteiger partial charge in [-0.15, -0.1) is 0 Å². The molecule has 14 heavy (non-hydrogen) atoms. The van der Waals surface area contributed by atoms with Gasteiger partial charge in [-0.2, -0.15) is 0 Å². The molecule has 0 saturated carbocycles. The van der Waals surface area contributed by atoms with Gasteiger partial charge in [0.05, 0.1) is 5.69 Å². The number of imidazole rings is 1. The Hall–Kier alpha value is -1.03. The Morgan fingerprint density at radius 3 is 2.93 bits per heavy atom. The fourth-order valence-electron chi connectivity index (χ4n) is 2.10. The van der Waals surface area contributed by atoms with Crippen LogP contribution in [-0.2, 0) is 7.05 Å². The van der Waals surface area contributed by atoms with Gasteiger partial charge in [0, 0.05) is 26.3 Å². The topological polar surface area (TPSA) is 47.1 Å². The number of nitrogens with zero attached hydrogens (tertiary/aromatic N) is 3. The predicted molar refractivity (Wildman–Crippen MR) is 57.3 cm³/mol. The van der Waals surface area contributed by atoms with Crippen molar-refractivity contribution in [3.63, 3.8) is 0 Å². The number of anilines is 1. The Kier molecular flexibility index (Phi) is 2.46. The molecule has 4 heteroatoms. The van der Waals surface area contributed by atoms with E-state index < -0.39 is 0 Å². The van der Waals surface area contributed by atoms with Gasteiger partial charge in [0.2, 0.25) is 5.95 Å². The van der Waals surface area contributed by atoms with E-state index in [2.05, 4.69) is 20.6 Å². The van der Waals surface area contributed by atoms with Gasteiger partial charge < -0.3 is 15.2 Å². The first kappa shape index (κ1) is 9.52. The number of aryl methyl sites for hydroxylation is 2. The van der Waals surface area contributed by atoms with Crippen LogP contribution >= 0.6 is 0 Å². The van der Waals surface area contributed by atoms with Crippen LogP contribution in [0.2, 0.25) is 0 Å². The summed E-state index contributed by atoms with van der Waals surface area (Å²) < 4.78 is 2.09. The summed E-state index contributed by atoms with van der Waals surface area (Å²) in [5.74, 6) is 1.73. The molecule has 0 spiro atoms. The number of aromatic nitrogens is 2. The average molecular weight is 194 g/mol. The zero-order valence-corrected chi connectivity index (χ0v) is 8.90. The van der Waals surface area contributed by atoms with Crippen molar-refractivity contribution in [2.24, 2.45) is 18.7 Å². The van der Waals surface area contributed by atoms with E-state index in [1.807, 2.05) is 14.0 Å². The van der Waals surface area contributed by atoms with Gasteiger partial charge in [0.25, 0.3) is 0 Å². The zero-order chi connectivity index (χ0) is 10.1. The Morgan fingerprint density at radius 1 is 1.64 bits per heavy atom. The maximum absolute atomic E-state index is 5.66. The first-order chi connectivity index (χ1) is 6.70. The minimum Gasteiger partial charge on any atom is -0.342 e. The van der Waals surface area contributed by atoms with Gasteiger partial charge in [-0.25, -0.2) is 4.98 Å². The number of rotatable bonds is 2. The summed E-state index contributed by atoms with van der Waals surface area (Å²) in [6.45, 7) is 4.97. The highest BCUT2D eigenvalue weighted by atomic mass is 15.3. The molecule has 2 rings (SSSR count). The van der Waals surface area contributed by atoms with Crippen LogP contribution in [0, 0.1) is 12.8 Å². The van der Waals surface area contributed by atoms with Crippen LogP contribution < -0.4 is 10.6 Å². The summed E-state index contributed by atoms with van der Waals surface area (Å²) in [4.78, 5) is 6.83. The van der Waals surface area contributed by atoms with Gasteiger partial charge >= 0.3 is 0 Å². The number of hydrogen-bond acceptors (Lipinski definition) is 3. The van der Waals surface area contributed by atoms with Crippen molar-refractivity contribution >= 4 is 5.95 Å². The second-order valence-electron chi connectivity index (χ2n) is 4.13. The fraction of sp³-hybridized carbons (Fsp3) is 0.700. The Labute approximate surface area is 84.7 Å². The van der Waals surface area contributed by atoms with Crippen LogP contribution in [0.5, 0.6) is 0 Å². The maximum atomic E-state index is 5.66. The third-order valence-electron chi connectivity index (χ3n) is 2.87. The molecule has 4 nitrogen and oxygen atoms in total. The summed E-state index contributed by atoms with van der Waals surface area (Å²) in [5, 5.41) is 0. The van der Waals surface area contributed by atoms with E-state index in [-0.39, 0.29) is 0 Å². The Morgan fingerprint density at radius 2 is 2.43 bits per heavy atom. The highest BCUT2D eigenvalue weighted by Gasteiger charge is 2.23. The van der Waals surface area contributed by atoms with Crippen LogP contribution in [0.25, 0.3) is 0 Å². The van der Waals surface area contributed by atoms with E-state index in [4.69, 9.17) is 5.73 Å². The van der Waals surface area contributed by atoms with Gasteiger partial charge in [-0.3, -0.25) is 0 Å². The monoisotopic (exact) mass is 194 g/mol. The van der Waals surface area contributed by atoms with Crippen molar-refractivity contribution in [3.8, 4) is 0 Å². The maximum Gasteiger partial charge on any atom is 0.205 e. The minimum atomic E-state index is 0.645. The third kappa shape index (κ3) is 1.62. The molecule has 2 N–H and O–H groups in total. The third-order valence-corrected chi connectivity index (χ3v) is 2.87. The molecule has 1 aromatic rings. The van der Waals surface area contributed by atoms with E-state index in [1.165, 1.54) is 6.42 Å². The number of nitrogens with two attached hydrogens (primary N) is 1. The molecule has 0 radical (unpaired) electrons. The van der Waals surface area contributed by atoms with Crippen LogP contribution in [-0.4, -0.2) is 29.2 Å². The molecule has 1 fully saturated rings. The molecule has 1 atom stereocenters. The lowest BCUT2D eigenvalue weighted by atomic mass is 10.1. The normalized spacial score (nSPS) is 21.9. The SMILES string of the molecule is Cc1cn(C)c(N2CCC(CN)C2)n1. The van der Waals surface area contributed by atoms with Crippen molar-refractivity contribution in [2.45, 2.75) is 13.3 Å². The lowest BCUT2D eigenvalue weighted by Gasteiger charge is -2.16. The van der Waals surface area contributed by atoms with E-state index in [9.17, 15) is 0 Å². The van der Waals surface area contributed by atoms with Crippen molar-refractivity contribution in [3.05, 3.63) is 11.9 Å². The summed E-state index contributed by atoms with van der Waals surface area (Å²) in [5.41, 5.74) is 6.75. The standard InChI is InChI=1S/C10H18N4/c1-8-6-13(2)10(12-8)14-4-3-9(5-11)7-14/h6,9H,3-5,7,11H2,1-2H3. The first-order valence-electron chi connectivity index (χ1n) is 5.15. The number of hydrogen-bond donors (Lipinski definition) is 1. The molecule has 0 amide bonds. The second kappa shape index (κ2) is 3.61. The highest BCUT2D eigenvalue weighted by Crippen LogP contribution is 2.21. The summed E-state index contributed by atoms with van der Waals surface area (Å²) >= 11 is 0. The molecule has 0 aromatic carbocycles. The molecule has 1 saturated heterocycles. The Bertz CT molecular complexity index is 318. The molecular weight excluding hydrogens is 176 g/mol. The van der Waals surface area contributed by atoms with Crippen molar-refractivity contribution < 1.29 is 0 Å². The van der Waals surface area contributed by atoms with Gasteiger partial charge in [0.1, 0.15) is 0 Å². The molecule has 2 heterocycles. The predicted octanol–water partition coefficient (Wildman–Crippen LogP) is 0.514. The minimum absolute atomic E-state index is 0.645. The van der Waals surface area contributed by atoms with Crippen molar-refractivity contribution in [1.29, 1.82) is 0 Å². The molecule has 1 aromatic heterocycles. The molecule has 78 valence electrons. The van der Waals surface area contributed by atoms with Gasteiger partial charge in [-0.05, 0) is 25.8 Å². The van der Waals surface area contributed by atoms with Gasteiger partial charge in [-0.1, -0.05) is 0 Å². The molecule has 1 aliphatic rings. The molecular formula is C10H18N4. The zero-order valence-electron chi connectivity index (χ0n) is 8.90. The lowest BCUT2D eigenvalue weighted by Crippen LogP contribution is -2.24. The van der Waals surface area contributed by atoms with Crippen molar-refractivity contribution in [1.82, 2.24) is 9.55 Å². The quantitative estimate of drug-likeness (QED) is 0.746. The van der Waals surface area contributed by atoms with E-state index >= 15 is 0 Å². The summed E-state index contributed by atoms with van der Waals surface area (Å²) in [7, 11) is 2.05. The van der Waals surface area contributed by atoms with E-state index in [0.29, 0.717) is 5.92 Å². The van der Waals surface area contributed by atoms with E-state index in [1.54, 1.807) is 0 Å². The molecule has 0 bridgehead atoms. The molecule has 1 aliphatic heterocycles. The highest BCUT2D eigenvalue weighted by molar-refractivity contribution is 5.34. The lowest BCUT2D eigenvalue weighted by molar-refractivity contribution is 0.601. The second-order valence-corrected chi connectivity index (χ2v) is 4.13. The molecule has 1 unspecified atom stereocenters.